The van der Waals surface area contributed by atoms with Crippen LogP contribution in [0.1, 0.15) is 24.1 Å². The molecule has 0 saturated carbocycles. The van der Waals surface area contributed by atoms with Crippen molar-refractivity contribution in [2.24, 2.45) is 5.73 Å². The Labute approximate surface area is 220 Å². The Hall–Kier alpha value is -4.17. The number of hydrogen-bond donors (Lipinski definition) is 1. The fourth-order valence-corrected chi connectivity index (χ4v) is 5.85. The molecule has 7 nitrogen and oxygen atoms in total. The van der Waals surface area contributed by atoms with Crippen LogP contribution < -0.4 is 10.5 Å². The molecule has 2 aromatic carbocycles. The topological polar surface area (TPSA) is 74.1 Å². The molecule has 5 aromatic rings. The number of fused-ring (bicyclic) bond motifs is 1. The highest BCUT2D eigenvalue weighted by molar-refractivity contribution is 5.92. The highest BCUT2D eigenvalue weighted by atomic mass is 19.1. The van der Waals surface area contributed by atoms with Crippen LogP contribution in [0.5, 0.6) is 5.75 Å². The van der Waals surface area contributed by atoms with E-state index in [1.54, 1.807) is 12.3 Å². The molecule has 0 bridgehead atoms. The van der Waals surface area contributed by atoms with E-state index in [4.69, 9.17) is 15.5 Å². The zero-order chi connectivity index (χ0) is 25.8. The minimum absolute atomic E-state index is 0.163. The van der Waals surface area contributed by atoms with E-state index in [-0.39, 0.29) is 11.9 Å². The lowest BCUT2D eigenvalue weighted by atomic mass is 10.0. The van der Waals surface area contributed by atoms with Crippen molar-refractivity contribution >= 4 is 27.6 Å². The number of para-hydroxylation sites is 1. The summed E-state index contributed by atoms with van der Waals surface area (Å²) in [5, 5.41) is 1.07. The number of rotatable bonds is 5. The average molecular weight is 509 g/mol. The Kier molecular flexibility index (Phi) is 5.44. The standard InChI is InChI=1S/C30H29FN6O/c1-19(35-11-5-7-22(32)17-35)21-14-24-29-28(16-21)38-13-12-36(29)30(34-24)27-15-20-6-2-3-9-26(20)37(27)18-25-23(31)8-4-10-33-25/h2-4,6,8-10,14-16,22H,1,5,7,11-13,17-18,32H2. The SMILES string of the molecule is C=C(c1cc2c3c(c1)nc(-c1cc4ccccc4n1Cc1ncccc1F)n3CCO2)N1CCCC(N)C1. The highest BCUT2D eigenvalue weighted by Gasteiger charge is 2.26. The molecule has 2 N–H and O–H groups in total. The van der Waals surface area contributed by atoms with Crippen LogP contribution in [0.4, 0.5) is 4.39 Å². The molecule has 7 rings (SSSR count). The van der Waals surface area contributed by atoms with Gasteiger partial charge >= 0.3 is 0 Å². The molecule has 1 atom stereocenters. The predicted octanol–water partition coefficient (Wildman–Crippen LogP) is 5.03. The number of benzene rings is 2. The van der Waals surface area contributed by atoms with Crippen molar-refractivity contribution in [3.8, 4) is 17.3 Å². The molecule has 8 heteroatoms. The number of piperidine rings is 1. The smallest absolute Gasteiger partial charge is 0.158 e. The lowest BCUT2D eigenvalue weighted by Crippen LogP contribution is -2.41. The summed E-state index contributed by atoms with van der Waals surface area (Å²) in [6.45, 7) is 7.69. The van der Waals surface area contributed by atoms with E-state index >= 15 is 0 Å². The first-order chi connectivity index (χ1) is 18.6. The summed E-state index contributed by atoms with van der Waals surface area (Å²) in [4.78, 5) is 11.7. The maximum atomic E-state index is 14.7. The molecule has 2 aliphatic rings. The van der Waals surface area contributed by atoms with Crippen molar-refractivity contribution in [1.82, 2.24) is 24.0 Å². The zero-order valence-electron chi connectivity index (χ0n) is 21.1. The van der Waals surface area contributed by atoms with Crippen LogP contribution in [0, 0.1) is 5.82 Å². The normalized spacial score (nSPS) is 17.2. The quantitative estimate of drug-likeness (QED) is 0.361. The van der Waals surface area contributed by atoms with Crippen LogP contribution in [0.25, 0.3) is 39.2 Å². The number of nitrogens with two attached hydrogens (primary N) is 1. The number of aromatic nitrogens is 4. The summed E-state index contributed by atoms with van der Waals surface area (Å²) in [5.74, 6) is 1.32. The van der Waals surface area contributed by atoms with E-state index in [0.29, 0.717) is 25.4 Å². The van der Waals surface area contributed by atoms with Crippen molar-refractivity contribution in [3.05, 3.63) is 84.4 Å². The van der Waals surface area contributed by atoms with Crippen molar-refractivity contribution in [3.63, 3.8) is 0 Å². The van der Waals surface area contributed by atoms with Crippen LogP contribution >= 0.6 is 0 Å². The van der Waals surface area contributed by atoms with Crippen molar-refractivity contribution < 1.29 is 9.13 Å². The van der Waals surface area contributed by atoms with Gasteiger partial charge in [0, 0.05) is 47.5 Å². The second-order valence-corrected chi connectivity index (χ2v) is 10.2. The molecule has 2 aliphatic heterocycles. The Morgan fingerprint density at radius 1 is 1.13 bits per heavy atom. The number of halogens is 1. The van der Waals surface area contributed by atoms with Gasteiger partial charge in [-0.15, -0.1) is 0 Å². The summed E-state index contributed by atoms with van der Waals surface area (Å²) in [5.41, 5.74) is 12.3. The fourth-order valence-electron chi connectivity index (χ4n) is 5.85. The van der Waals surface area contributed by atoms with Crippen LogP contribution in [0.3, 0.4) is 0 Å². The zero-order valence-corrected chi connectivity index (χ0v) is 21.1. The summed E-state index contributed by atoms with van der Waals surface area (Å²) < 4.78 is 25.1. The van der Waals surface area contributed by atoms with Gasteiger partial charge in [0.05, 0.1) is 30.0 Å². The third kappa shape index (κ3) is 3.75. The maximum Gasteiger partial charge on any atom is 0.158 e. The minimum atomic E-state index is -0.317. The Balaban J connectivity index is 1.37. The highest BCUT2D eigenvalue weighted by Crippen LogP contribution is 2.38. The number of hydrogen-bond acceptors (Lipinski definition) is 5. The monoisotopic (exact) mass is 508 g/mol. The van der Waals surface area contributed by atoms with Gasteiger partial charge in [-0.3, -0.25) is 4.98 Å². The number of imidazole rings is 1. The van der Waals surface area contributed by atoms with Crippen LogP contribution in [-0.4, -0.2) is 49.7 Å². The molecule has 5 heterocycles. The van der Waals surface area contributed by atoms with Gasteiger partial charge in [0.1, 0.15) is 23.7 Å². The van der Waals surface area contributed by atoms with Gasteiger partial charge < -0.3 is 24.5 Å². The fraction of sp³-hybridized carbons (Fsp3) is 0.267. The minimum Gasteiger partial charge on any atom is -0.489 e. The Morgan fingerprint density at radius 2 is 2.03 bits per heavy atom. The van der Waals surface area contributed by atoms with Crippen molar-refractivity contribution in [1.29, 1.82) is 0 Å². The van der Waals surface area contributed by atoms with Gasteiger partial charge in [-0.25, -0.2) is 9.37 Å². The van der Waals surface area contributed by atoms with Crippen LogP contribution in [0.15, 0.2) is 67.4 Å². The van der Waals surface area contributed by atoms with E-state index in [9.17, 15) is 4.39 Å². The number of likely N-dealkylation sites (tertiary alicyclic amines) is 1. The van der Waals surface area contributed by atoms with Gasteiger partial charge in [-0.2, -0.15) is 0 Å². The molecule has 0 amide bonds. The molecule has 0 aliphatic carbocycles. The lowest BCUT2D eigenvalue weighted by Gasteiger charge is -2.34. The van der Waals surface area contributed by atoms with E-state index in [2.05, 4.69) is 55.9 Å². The van der Waals surface area contributed by atoms with Crippen LogP contribution in [0.2, 0.25) is 0 Å². The molecule has 1 saturated heterocycles. The molecule has 0 radical (unpaired) electrons. The summed E-state index contributed by atoms with van der Waals surface area (Å²) in [6.07, 6.45) is 3.73. The van der Waals surface area contributed by atoms with Gasteiger partial charge in [0.2, 0.25) is 0 Å². The second-order valence-electron chi connectivity index (χ2n) is 10.2. The molecular formula is C30H29FN6O. The first-order valence-corrected chi connectivity index (χ1v) is 13.1. The number of ether oxygens (including phenoxy) is 1. The third-order valence-electron chi connectivity index (χ3n) is 7.73. The largest absolute Gasteiger partial charge is 0.489 e. The van der Waals surface area contributed by atoms with Crippen molar-refractivity contribution in [2.45, 2.75) is 32.0 Å². The number of pyridine rings is 1. The van der Waals surface area contributed by atoms with E-state index in [0.717, 1.165) is 76.4 Å². The molecule has 1 fully saturated rings. The molecule has 38 heavy (non-hydrogen) atoms. The van der Waals surface area contributed by atoms with Gasteiger partial charge in [0.25, 0.3) is 0 Å². The van der Waals surface area contributed by atoms with Crippen molar-refractivity contribution in [2.75, 3.05) is 19.7 Å². The molecule has 192 valence electrons. The van der Waals surface area contributed by atoms with Gasteiger partial charge in [-0.1, -0.05) is 24.8 Å². The Morgan fingerprint density at radius 3 is 2.89 bits per heavy atom. The first-order valence-electron chi connectivity index (χ1n) is 13.1. The van der Waals surface area contributed by atoms with Gasteiger partial charge in [0.15, 0.2) is 5.82 Å². The van der Waals surface area contributed by atoms with E-state index in [1.807, 2.05) is 12.1 Å². The summed E-state index contributed by atoms with van der Waals surface area (Å²) in [6, 6.07) is 17.7. The first kappa shape index (κ1) is 23.0. The van der Waals surface area contributed by atoms with Gasteiger partial charge in [-0.05, 0) is 49.2 Å². The summed E-state index contributed by atoms with van der Waals surface area (Å²) in [7, 11) is 0. The average Bonchev–Trinajstić information content (AvgIpc) is 3.49. The molecular weight excluding hydrogens is 479 g/mol. The van der Waals surface area contributed by atoms with Crippen LogP contribution in [-0.2, 0) is 13.1 Å². The van der Waals surface area contributed by atoms with E-state index in [1.165, 1.54) is 6.07 Å². The number of nitrogens with zero attached hydrogens (tertiary/aromatic N) is 5. The lowest BCUT2D eigenvalue weighted by molar-refractivity contribution is 0.286. The second kappa shape index (κ2) is 8.99. The van der Waals surface area contributed by atoms with E-state index < -0.39 is 0 Å². The predicted molar refractivity (Wildman–Crippen MR) is 147 cm³/mol. The Bertz CT molecular complexity index is 1700. The molecule has 1 unspecified atom stereocenters. The third-order valence-corrected chi connectivity index (χ3v) is 7.73. The molecule has 0 spiro atoms. The molecule has 3 aromatic heterocycles. The summed E-state index contributed by atoms with van der Waals surface area (Å²) >= 11 is 0. The maximum absolute atomic E-state index is 14.7.